The molecular formula is C11H13F3N2. The Morgan fingerprint density at radius 1 is 1.38 bits per heavy atom. The van der Waals surface area contributed by atoms with Crippen LogP contribution in [0, 0.1) is 0 Å². The lowest BCUT2D eigenvalue weighted by Crippen LogP contribution is -2.10. The van der Waals surface area contributed by atoms with E-state index in [1.54, 1.807) is 0 Å². The van der Waals surface area contributed by atoms with Crippen molar-refractivity contribution >= 4 is 5.82 Å². The van der Waals surface area contributed by atoms with Crippen LogP contribution < -0.4 is 5.32 Å². The fourth-order valence-corrected chi connectivity index (χ4v) is 1.14. The van der Waals surface area contributed by atoms with E-state index < -0.39 is 11.9 Å². The van der Waals surface area contributed by atoms with Crippen molar-refractivity contribution in [3.63, 3.8) is 0 Å². The minimum absolute atomic E-state index is 0.249. The summed E-state index contributed by atoms with van der Waals surface area (Å²) in [6.07, 6.45) is 0.192. The molecule has 0 fully saturated rings. The summed E-state index contributed by atoms with van der Waals surface area (Å²) in [7, 11) is 0. The molecule has 0 amide bonds. The molecule has 1 aromatic rings. The van der Waals surface area contributed by atoms with Crippen LogP contribution in [-0.2, 0) is 6.18 Å². The van der Waals surface area contributed by atoms with Crippen LogP contribution in [0.15, 0.2) is 30.4 Å². The SMILES string of the molecule is C/C=C/CCNc1cccc(C(F)(F)F)n1. The van der Waals surface area contributed by atoms with Gasteiger partial charge in [0.25, 0.3) is 0 Å². The number of nitrogens with zero attached hydrogens (tertiary/aromatic N) is 1. The molecule has 0 aliphatic rings. The standard InChI is InChI=1S/C11H13F3N2/c1-2-3-4-8-15-10-7-5-6-9(16-10)11(12,13)14/h2-3,5-7H,4,8H2,1H3,(H,15,16)/b3-2+. The fraction of sp³-hybridized carbons (Fsp3) is 0.364. The lowest BCUT2D eigenvalue weighted by atomic mass is 10.3. The average Bonchev–Trinajstić information content (AvgIpc) is 2.24. The molecule has 1 N–H and O–H groups in total. The molecule has 0 aromatic carbocycles. The Morgan fingerprint density at radius 3 is 2.75 bits per heavy atom. The van der Waals surface area contributed by atoms with Gasteiger partial charge in [-0.2, -0.15) is 13.2 Å². The lowest BCUT2D eigenvalue weighted by molar-refractivity contribution is -0.141. The monoisotopic (exact) mass is 230 g/mol. The molecule has 0 saturated carbocycles. The molecule has 0 aliphatic carbocycles. The van der Waals surface area contributed by atoms with Gasteiger partial charge in [-0.15, -0.1) is 0 Å². The van der Waals surface area contributed by atoms with Gasteiger partial charge < -0.3 is 5.32 Å². The summed E-state index contributed by atoms with van der Waals surface area (Å²) in [6.45, 7) is 2.46. The number of hydrogen-bond acceptors (Lipinski definition) is 2. The van der Waals surface area contributed by atoms with E-state index in [4.69, 9.17) is 0 Å². The van der Waals surface area contributed by atoms with Crippen molar-refractivity contribution in [1.82, 2.24) is 4.98 Å². The Labute approximate surface area is 92.2 Å². The smallest absolute Gasteiger partial charge is 0.370 e. The molecule has 0 atom stereocenters. The third-order valence-corrected chi connectivity index (χ3v) is 1.89. The van der Waals surface area contributed by atoms with Gasteiger partial charge in [0.1, 0.15) is 11.5 Å². The molecular weight excluding hydrogens is 217 g/mol. The van der Waals surface area contributed by atoms with Crippen LogP contribution >= 0.6 is 0 Å². The van der Waals surface area contributed by atoms with Crippen LogP contribution in [0.1, 0.15) is 19.0 Å². The van der Waals surface area contributed by atoms with E-state index in [2.05, 4.69) is 10.3 Å². The Morgan fingerprint density at radius 2 is 2.12 bits per heavy atom. The molecule has 5 heteroatoms. The first-order chi connectivity index (χ1) is 7.54. The molecule has 1 aromatic heterocycles. The van der Waals surface area contributed by atoms with E-state index in [0.717, 1.165) is 12.5 Å². The molecule has 0 radical (unpaired) electrons. The predicted octanol–water partition coefficient (Wildman–Crippen LogP) is 3.48. The van der Waals surface area contributed by atoms with E-state index in [1.165, 1.54) is 12.1 Å². The van der Waals surface area contributed by atoms with Crippen LogP contribution in [0.4, 0.5) is 19.0 Å². The van der Waals surface area contributed by atoms with E-state index in [0.29, 0.717) is 6.54 Å². The van der Waals surface area contributed by atoms with Crippen LogP contribution in [0.25, 0.3) is 0 Å². The second-order valence-corrected chi connectivity index (χ2v) is 3.19. The molecule has 0 spiro atoms. The quantitative estimate of drug-likeness (QED) is 0.632. The van der Waals surface area contributed by atoms with Gasteiger partial charge in [-0.3, -0.25) is 0 Å². The number of allylic oxidation sites excluding steroid dienone is 1. The van der Waals surface area contributed by atoms with Crippen molar-refractivity contribution in [1.29, 1.82) is 0 Å². The van der Waals surface area contributed by atoms with Gasteiger partial charge in [0.15, 0.2) is 0 Å². The van der Waals surface area contributed by atoms with E-state index >= 15 is 0 Å². The Hall–Kier alpha value is -1.52. The van der Waals surface area contributed by atoms with Gasteiger partial charge in [0.2, 0.25) is 0 Å². The first-order valence-corrected chi connectivity index (χ1v) is 4.93. The van der Waals surface area contributed by atoms with Crippen molar-refractivity contribution in [2.75, 3.05) is 11.9 Å². The summed E-state index contributed by atoms with van der Waals surface area (Å²) in [5, 5.41) is 2.83. The number of pyridine rings is 1. The number of hydrogen-bond donors (Lipinski definition) is 1. The van der Waals surface area contributed by atoms with Gasteiger partial charge in [0.05, 0.1) is 0 Å². The molecule has 0 saturated heterocycles. The third-order valence-electron chi connectivity index (χ3n) is 1.89. The number of anilines is 1. The fourth-order valence-electron chi connectivity index (χ4n) is 1.14. The number of rotatable bonds is 4. The molecule has 0 bridgehead atoms. The highest BCUT2D eigenvalue weighted by Gasteiger charge is 2.32. The molecule has 88 valence electrons. The van der Waals surface area contributed by atoms with Gasteiger partial charge >= 0.3 is 6.18 Å². The number of halogens is 3. The van der Waals surface area contributed by atoms with E-state index in [1.807, 2.05) is 19.1 Å². The minimum Gasteiger partial charge on any atom is -0.370 e. The second-order valence-electron chi connectivity index (χ2n) is 3.19. The van der Waals surface area contributed by atoms with Gasteiger partial charge in [-0.05, 0) is 25.5 Å². The highest BCUT2D eigenvalue weighted by atomic mass is 19.4. The summed E-state index contributed by atoms with van der Waals surface area (Å²) < 4.78 is 36.9. The summed E-state index contributed by atoms with van der Waals surface area (Å²) >= 11 is 0. The van der Waals surface area contributed by atoms with Crippen molar-refractivity contribution in [2.45, 2.75) is 19.5 Å². The zero-order valence-electron chi connectivity index (χ0n) is 8.88. The average molecular weight is 230 g/mol. The largest absolute Gasteiger partial charge is 0.433 e. The molecule has 16 heavy (non-hydrogen) atoms. The lowest BCUT2D eigenvalue weighted by Gasteiger charge is -2.08. The topological polar surface area (TPSA) is 24.9 Å². The van der Waals surface area contributed by atoms with Gasteiger partial charge in [-0.1, -0.05) is 18.2 Å². The maximum Gasteiger partial charge on any atom is 0.433 e. The van der Waals surface area contributed by atoms with Crippen LogP contribution in [0.3, 0.4) is 0 Å². The van der Waals surface area contributed by atoms with Gasteiger partial charge in [-0.25, -0.2) is 4.98 Å². The highest BCUT2D eigenvalue weighted by molar-refractivity contribution is 5.35. The van der Waals surface area contributed by atoms with Crippen LogP contribution in [0.2, 0.25) is 0 Å². The second kappa shape index (κ2) is 5.53. The number of nitrogens with one attached hydrogen (secondary N) is 1. The first kappa shape index (κ1) is 12.5. The van der Waals surface area contributed by atoms with E-state index in [9.17, 15) is 13.2 Å². The Bertz CT molecular complexity index is 358. The summed E-state index contributed by atoms with van der Waals surface area (Å²) in [5.74, 6) is 0.249. The predicted molar refractivity (Wildman–Crippen MR) is 57.2 cm³/mol. The first-order valence-electron chi connectivity index (χ1n) is 4.93. The Kier molecular flexibility index (Phi) is 4.34. The molecule has 2 nitrogen and oxygen atoms in total. The third kappa shape index (κ3) is 3.92. The van der Waals surface area contributed by atoms with E-state index in [-0.39, 0.29) is 5.82 Å². The molecule has 0 aliphatic heterocycles. The maximum atomic E-state index is 12.3. The summed E-state index contributed by atoms with van der Waals surface area (Å²) in [6, 6.07) is 3.82. The van der Waals surface area contributed by atoms with Gasteiger partial charge in [0, 0.05) is 6.54 Å². The zero-order valence-corrected chi connectivity index (χ0v) is 8.88. The maximum absolute atomic E-state index is 12.3. The van der Waals surface area contributed by atoms with Crippen LogP contribution in [0.5, 0.6) is 0 Å². The molecule has 1 rings (SSSR count). The van der Waals surface area contributed by atoms with Crippen LogP contribution in [-0.4, -0.2) is 11.5 Å². The Balaban J connectivity index is 2.61. The zero-order chi connectivity index (χ0) is 12.0. The highest BCUT2D eigenvalue weighted by Crippen LogP contribution is 2.27. The summed E-state index contributed by atoms with van der Waals surface area (Å²) in [5.41, 5.74) is -0.872. The van der Waals surface area contributed by atoms with Crippen molar-refractivity contribution in [3.05, 3.63) is 36.0 Å². The number of aromatic nitrogens is 1. The van der Waals surface area contributed by atoms with Crippen molar-refractivity contribution < 1.29 is 13.2 Å². The minimum atomic E-state index is -4.39. The van der Waals surface area contributed by atoms with Crippen molar-refractivity contribution in [2.24, 2.45) is 0 Å². The normalized spacial score (nSPS) is 12.0. The summed E-state index contributed by atoms with van der Waals surface area (Å²) in [4.78, 5) is 3.48. The molecule has 1 heterocycles. The molecule has 0 unspecified atom stereocenters. The van der Waals surface area contributed by atoms with Crippen molar-refractivity contribution in [3.8, 4) is 0 Å². The number of alkyl halides is 3.